The second kappa shape index (κ2) is 10.00. The zero-order chi connectivity index (χ0) is 18.0. The van der Waals surface area contributed by atoms with Gasteiger partial charge in [0.15, 0.2) is 0 Å². The molecule has 11 nitrogen and oxygen atoms in total. The molecule has 1 rings (SSSR count). The largest absolute Gasteiger partial charge is 0.863 e. The lowest BCUT2D eigenvalue weighted by Crippen LogP contribution is -2.84. The van der Waals surface area contributed by atoms with Crippen LogP contribution in [0.25, 0.3) is 0 Å². The highest BCUT2D eigenvalue weighted by molar-refractivity contribution is 5.63. The highest BCUT2D eigenvalue weighted by Gasteiger charge is 2.24. The zero-order valence-corrected chi connectivity index (χ0v) is 12.8. The zero-order valence-electron chi connectivity index (χ0n) is 12.8. The summed E-state index contributed by atoms with van der Waals surface area (Å²) in [5.74, 6) is -1.46. The van der Waals surface area contributed by atoms with E-state index < -0.39 is 37.6 Å². The SMILES string of the molecule is CCC[NH2+]CCC.O=[N+]([O-])c1cc([N+](=O)[O-])c([O-])c([N+](=O)[O-])c1. The van der Waals surface area contributed by atoms with Crippen molar-refractivity contribution in [3.63, 3.8) is 0 Å². The number of hydrogen-bond acceptors (Lipinski definition) is 7. The average Bonchev–Trinajstić information content (AvgIpc) is 2.47. The van der Waals surface area contributed by atoms with Gasteiger partial charge in [0, 0.05) is 0 Å². The van der Waals surface area contributed by atoms with Crippen molar-refractivity contribution in [1.29, 1.82) is 0 Å². The number of hydrogen-bond donors (Lipinski definition) is 1. The highest BCUT2D eigenvalue weighted by atomic mass is 16.6. The van der Waals surface area contributed by atoms with Crippen LogP contribution in [-0.2, 0) is 0 Å². The van der Waals surface area contributed by atoms with Gasteiger partial charge in [-0.25, -0.2) is 0 Å². The minimum atomic E-state index is -1.46. The number of nitro groups is 3. The van der Waals surface area contributed by atoms with E-state index in [0.717, 1.165) is 0 Å². The fraction of sp³-hybridized carbons (Fsp3) is 0.500. The Morgan fingerprint density at radius 2 is 1.26 bits per heavy atom. The van der Waals surface area contributed by atoms with Gasteiger partial charge in [0.2, 0.25) is 0 Å². The molecule has 0 unspecified atom stereocenters. The molecule has 11 heteroatoms. The van der Waals surface area contributed by atoms with Crippen molar-refractivity contribution < 1.29 is 25.2 Å². The molecule has 1 aromatic carbocycles. The van der Waals surface area contributed by atoms with E-state index in [0.29, 0.717) is 12.1 Å². The minimum Gasteiger partial charge on any atom is -0.863 e. The van der Waals surface area contributed by atoms with E-state index in [1.54, 1.807) is 0 Å². The maximum Gasteiger partial charge on any atom is 0.283 e. The average molecular weight is 330 g/mol. The van der Waals surface area contributed by atoms with Gasteiger partial charge in [-0.2, -0.15) is 0 Å². The van der Waals surface area contributed by atoms with E-state index in [9.17, 15) is 35.4 Å². The van der Waals surface area contributed by atoms with Gasteiger partial charge in [0.05, 0.1) is 45.7 Å². The van der Waals surface area contributed by atoms with Gasteiger partial charge in [0.25, 0.3) is 17.1 Å². The molecule has 0 fully saturated rings. The Morgan fingerprint density at radius 1 is 0.870 bits per heavy atom. The van der Waals surface area contributed by atoms with E-state index in [2.05, 4.69) is 19.2 Å². The van der Waals surface area contributed by atoms with Gasteiger partial charge in [0.1, 0.15) is 0 Å². The van der Waals surface area contributed by atoms with Gasteiger partial charge in [-0.15, -0.1) is 0 Å². The van der Waals surface area contributed by atoms with Crippen molar-refractivity contribution in [1.82, 2.24) is 0 Å². The topological polar surface area (TPSA) is 169 Å². The standard InChI is InChI=1S/C6H3N3O7.C6H15N/c10-6-4(8(13)14)1-3(7(11)12)2-5(6)9(15)16;1-3-5-7-6-4-2/h1-2,10H;7H,3-6H2,1-2H3. The summed E-state index contributed by atoms with van der Waals surface area (Å²) in [5.41, 5.74) is -3.26. The summed E-state index contributed by atoms with van der Waals surface area (Å²) in [6.45, 7) is 7.03. The third-order valence-electron chi connectivity index (χ3n) is 2.62. The van der Waals surface area contributed by atoms with E-state index in [-0.39, 0.29) is 0 Å². The van der Waals surface area contributed by atoms with Crippen molar-refractivity contribution in [2.75, 3.05) is 13.1 Å². The normalized spacial score (nSPS) is 9.65. The molecule has 0 atom stereocenters. The fourth-order valence-electron chi connectivity index (χ4n) is 1.51. The first-order chi connectivity index (χ1) is 10.8. The fourth-order valence-corrected chi connectivity index (χ4v) is 1.51. The molecule has 0 saturated heterocycles. The van der Waals surface area contributed by atoms with Gasteiger partial charge in [-0.3, -0.25) is 30.3 Å². The van der Waals surface area contributed by atoms with Gasteiger partial charge in [-0.05, 0) is 12.8 Å². The summed E-state index contributed by atoms with van der Waals surface area (Å²) in [6, 6.07) is 0.769. The number of nitrogens with zero attached hydrogens (tertiary/aromatic N) is 3. The molecule has 0 heterocycles. The molecule has 2 N–H and O–H groups in total. The summed E-state index contributed by atoms with van der Waals surface area (Å²) in [7, 11) is 0. The van der Waals surface area contributed by atoms with Crippen LogP contribution in [0.4, 0.5) is 17.1 Å². The number of benzene rings is 1. The molecular weight excluding hydrogens is 312 g/mol. The first-order valence-corrected chi connectivity index (χ1v) is 6.86. The van der Waals surface area contributed by atoms with Crippen LogP contribution >= 0.6 is 0 Å². The first-order valence-electron chi connectivity index (χ1n) is 6.86. The van der Waals surface area contributed by atoms with E-state index in [1.807, 2.05) is 0 Å². The molecule has 0 saturated carbocycles. The van der Waals surface area contributed by atoms with Crippen molar-refractivity contribution in [2.45, 2.75) is 26.7 Å². The van der Waals surface area contributed by atoms with Crippen LogP contribution in [0.15, 0.2) is 12.1 Å². The minimum absolute atomic E-state index is 0.384. The molecular formula is C12H18N4O7. The van der Waals surface area contributed by atoms with E-state index in [1.165, 1.54) is 25.9 Å². The third-order valence-corrected chi connectivity index (χ3v) is 2.62. The Balaban J connectivity index is 0.000000585. The Kier molecular flexibility index (Phi) is 8.77. The Morgan fingerprint density at radius 3 is 1.52 bits per heavy atom. The summed E-state index contributed by atoms with van der Waals surface area (Å²) >= 11 is 0. The Hall–Kier alpha value is -2.82. The van der Waals surface area contributed by atoms with Gasteiger partial charge in [-0.1, -0.05) is 13.8 Å². The molecule has 23 heavy (non-hydrogen) atoms. The Labute approximate surface area is 131 Å². The predicted octanol–water partition coefficient (Wildman–Crippen LogP) is 0.855. The number of rotatable bonds is 7. The van der Waals surface area contributed by atoms with Crippen molar-refractivity contribution in [3.8, 4) is 5.75 Å². The number of nitrogens with two attached hydrogens (primary N) is 1. The quantitative estimate of drug-likeness (QED) is 0.438. The summed E-state index contributed by atoms with van der Waals surface area (Å²) in [6.07, 6.45) is 2.61. The first kappa shape index (κ1) is 20.2. The van der Waals surface area contributed by atoms with Crippen molar-refractivity contribution in [3.05, 3.63) is 42.5 Å². The lowest BCUT2D eigenvalue weighted by atomic mass is 10.2. The summed E-state index contributed by atoms with van der Waals surface area (Å²) in [4.78, 5) is 27.5. The number of non-ortho nitro benzene ring substituents is 1. The van der Waals surface area contributed by atoms with Crippen LogP contribution in [0, 0.1) is 30.3 Å². The lowest BCUT2D eigenvalue weighted by Gasteiger charge is -2.06. The van der Waals surface area contributed by atoms with Crippen LogP contribution in [0.1, 0.15) is 26.7 Å². The molecule has 0 aliphatic heterocycles. The van der Waals surface area contributed by atoms with Crippen LogP contribution in [0.3, 0.4) is 0 Å². The smallest absolute Gasteiger partial charge is 0.283 e. The molecule has 1 aromatic rings. The Bertz CT molecular complexity index is 538. The number of nitro benzene ring substituents is 3. The van der Waals surface area contributed by atoms with Crippen molar-refractivity contribution in [2.24, 2.45) is 0 Å². The highest BCUT2D eigenvalue weighted by Crippen LogP contribution is 2.36. The molecule has 0 radical (unpaired) electrons. The van der Waals surface area contributed by atoms with Crippen LogP contribution in [-0.4, -0.2) is 27.9 Å². The monoisotopic (exact) mass is 330 g/mol. The lowest BCUT2D eigenvalue weighted by molar-refractivity contribution is -0.654. The molecule has 0 bridgehead atoms. The molecule has 0 spiro atoms. The van der Waals surface area contributed by atoms with Crippen molar-refractivity contribution >= 4 is 17.1 Å². The predicted molar refractivity (Wildman–Crippen MR) is 78.1 cm³/mol. The van der Waals surface area contributed by atoms with Crippen LogP contribution in [0.2, 0.25) is 0 Å². The number of quaternary nitrogens is 1. The summed E-state index contributed by atoms with van der Waals surface area (Å²) in [5, 5.41) is 44.5. The van der Waals surface area contributed by atoms with E-state index >= 15 is 0 Å². The van der Waals surface area contributed by atoms with Gasteiger partial charge >= 0.3 is 0 Å². The van der Waals surface area contributed by atoms with E-state index in [4.69, 9.17) is 0 Å². The second-order valence-electron chi connectivity index (χ2n) is 4.45. The second-order valence-corrected chi connectivity index (χ2v) is 4.45. The molecule has 0 aromatic heterocycles. The van der Waals surface area contributed by atoms with Crippen LogP contribution < -0.4 is 10.4 Å². The summed E-state index contributed by atoms with van der Waals surface area (Å²) < 4.78 is 0. The maximum absolute atomic E-state index is 11.1. The molecule has 0 amide bonds. The maximum atomic E-state index is 11.1. The van der Waals surface area contributed by atoms with Crippen LogP contribution in [0.5, 0.6) is 5.75 Å². The molecule has 128 valence electrons. The van der Waals surface area contributed by atoms with Gasteiger partial charge < -0.3 is 10.4 Å². The third kappa shape index (κ3) is 6.65. The molecule has 0 aliphatic rings. The molecule has 0 aliphatic carbocycles.